The first-order valence-corrected chi connectivity index (χ1v) is 8.09. The fourth-order valence-electron chi connectivity index (χ4n) is 2.93. The zero-order valence-electron chi connectivity index (χ0n) is 13.6. The van der Waals surface area contributed by atoms with E-state index in [2.05, 4.69) is 24.8 Å². The highest BCUT2D eigenvalue weighted by atomic mass is 127. The molecule has 134 valence electrons. The van der Waals surface area contributed by atoms with Crippen LogP contribution in [0.5, 0.6) is 0 Å². The fourth-order valence-corrected chi connectivity index (χ4v) is 2.93. The number of rotatable bonds is 4. The molecule has 1 aromatic heterocycles. The van der Waals surface area contributed by atoms with Gasteiger partial charge in [0.2, 0.25) is 5.95 Å². The highest BCUT2D eigenvalue weighted by Gasteiger charge is 2.25. The zero-order valence-corrected chi connectivity index (χ0v) is 16.0. The normalized spacial score (nSPS) is 24.8. The van der Waals surface area contributed by atoms with Crippen molar-refractivity contribution >= 4 is 35.9 Å². The maximum Gasteiger partial charge on any atom is 0.225 e. The molecule has 0 aromatic carbocycles. The van der Waals surface area contributed by atoms with Gasteiger partial charge in [-0.1, -0.05) is 0 Å². The molecule has 3 N–H and O–H groups in total. The Labute approximate surface area is 159 Å². The molecule has 9 heteroatoms. The molecule has 2 fully saturated rings. The topological polar surface area (TPSA) is 100 Å². The highest BCUT2D eigenvalue weighted by Crippen LogP contribution is 2.19. The summed E-state index contributed by atoms with van der Waals surface area (Å²) >= 11 is 0. The van der Waals surface area contributed by atoms with E-state index >= 15 is 0 Å². The van der Waals surface area contributed by atoms with Crippen molar-refractivity contribution in [3.8, 4) is 0 Å². The van der Waals surface area contributed by atoms with Crippen molar-refractivity contribution in [2.24, 2.45) is 10.7 Å². The van der Waals surface area contributed by atoms with Gasteiger partial charge >= 0.3 is 0 Å². The lowest BCUT2D eigenvalue weighted by Crippen LogP contribution is -2.51. The van der Waals surface area contributed by atoms with Gasteiger partial charge in [-0.3, -0.25) is 4.99 Å². The van der Waals surface area contributed by atoms with E-state index in [4.69, 9.17) is 15.6 Å². The molecule has 0 saturated carbocycles. The number of halogens is 1. The molecule has 24 heavy (non-hydrogen) atoms. The number of hydrogen-bond acceptors (Lipinski definition) is 6. The van der Waals surface area contributed by atoms with Gasteiger partial charge in [0.25, 0.3) is 0 Å². The summed E-state index contributed by atoms with van der Waals surface area (Å²) in [6, 6.07) is 1.82. The lowest BCUT2D eigenvalue weighted by molar-refractivity contribution is 0.0159. The van der Waals surface area contributed by atoms with Crippen LogP contribution in [0, 0.1) is 0 Å². The quantitative estimate of drug-likeness (QED) is 0.382. The number of aliphatic imine (C=N–C) groups is 1. The summed E-state index contributed by atoms with van der Waals surface area (Å²) in [5.74, 6) is 1.33. The molecule has 2 aliphatic rings. The van der Waals surface area contributed by atoms with E-state index in [1.165, 1.54) is 0 Å². The second-order valence-electron chi connectivity index (χ2n) is 5.86. The number of hydrogen-bond donors (Lipinski definition) is 2. The van der Waals surface area contributed by atoms with Gasteiger partial charge in [0.1, 0.15) is 0 Å². The molecule has 0 radical (unpaired) electrons. The van der Waals surface area contributed by atoms with E-state index < -0.39 is 0 Å². The number of aliphatic hydroxyl groups excluding tert-OH is 1. The van der Waals surface area contributed by atoms with Crippen molar-refractivity contribution in [1.29, 1.82) is 0 Å². The maximum atomic E-state index is 9.08. The third-order valence-corrected chi connectivity index (χ3v) is 4.29. The van der Waals surface area contributed by atoms with Crippen molar-refractivity contribution in [2.75, 3.05) is 44.2 Å². The molecule has 0 amide bonds. The van der Waals surface area contributed by atoms with Crippen LogP contribution in [0.1, 0.15) is 12.8 Å². The maximum absolute atomic E-state index is 9.08. The zero-order chi connectivity index (χ0) is 16.1. The first-order chi connectivity index (χ1) is 11.3. The number of nitrogens with two attached hydrogens (primary N) is 1. The minimum Gasteiger partial charge on any atom is -0.394 e. The molecule has 0 unspecified atom stereocenters. The van der Waals surface area contributed by atoms with Crippen molar-refractivity contribution in [1.82, 2.24) is 14.9 Å². The molecule has 2 atom stereocenters. The number of anilines is 1. The van der Waals surface area contributed by atoms with Gasteiger partial charge in [-0.15, -0.1) is 24.0 Å². The van der Waals surface area contributed by atoms with Gasteiger partial charge in [0.15, 0.2) is 5.96 Å². The lowest BCUT2D eigenvalue weighted by atomic mass is 10.2. The van der Waals surface area contributed by atoms with Crippen LogP contribution in [-0.4, -0.2) is 77.5 Å². The third-order valence-electron chi connectivity index (χ3n) is 4.29. The van der Waals surface area contributed by atoms with Crippen molar-refractivity contribution in [3.05, 3.63) is 18.5 Å². The van der Waals surface area contributed by atoms with E-state index in [-0.39, 0.29) is 42.8 Å². The van der Waals surface area contributed by atoms with Gasteiger partial charge in [-0.25, -0.2) is 9.97 Å². The Kier molecular flexibility index (Phi) is 7.43. The number of aromatic nitrogens is 2. The Hall–Kier alpha value is -1.20. The van der Waals surface area contributed by atoms with Crippen LogP contribution in [0.15, 0.2) is 23.5 Å². The summed E-state index contributed by atoms with van der Waals surface area (Å²) in [4.78, 5) is 17.2. The molecule has 0 spiro atoms. The summed E-state index contributed by atoms with van der Waals surface area (Å²) in [6.07, 6.45) is 5.38. The first kappa shape index (κ1) is 19.1. The molecule has 3 heterocycles. The Morgan fingerprint density at radius 3 is 2.50 bits per heavy atom. The average Bonchev–Trinajstić information content (AvgIpc) is 3.09. The number of ether oxygens (including phenoxy) is 1. The Morgan fingerprint density at radius 2 is 1.88 bits per heavy atom. The summed E-state index contributed by atoms with van der Waals surface area (Å²) in [7, 11) is 0. The second kappa shape index (κ2) is 9.33. The summed E-state index contributed by atoms with van der Waals surface area (Å²) in [6.45, 7) is 3.90. The van der Waals surface area contributed by atoms with Crippen LogP contribution < -0.4 is 10.6 Å². The monoisotopic (exact) mass is 448 g/mol. The Bertz CT molecular complexity index is 524. The second-order valence-corrected chi connectivity index (χ2v) is 5.86. The van der Waals surface area contributed by atoms with Gasteiger partial charge in [-0.2, -0.15) is 0 Å². The molecule has 0 aliphatic carbocycles. The first-order valence-electron chi connectivity index (χ1n) is 8.09. The van der Waals surface area contributed by atoms with Crippen LogP contribution in [0.3, 0.4) is 0 Å². The van der Waals surface area contributed by atoms with E-state index in [1.807, 2.05) is 6.07 Å². The molecule has 0 bridgehead atoms. The van der Waals surface area contributed by atoms with Crippen LogP contribution >= 0.6 is 24.0 Å². The predicted octanol–water partition coefficient (Wildman–Crippen LogP) is 0.0712. The Morgan fingerprint density at radius 1 is 1.21 bits per heavy atom. The summed E-state index contributed by atoms with van der Waals surface area (Å²) < 4.78 is 5.67. The molecule has 3 rings (SSSR count). The average molecular weight is 448 g/mol. The van der Waals surface area contributed by atoms with Crippen LogP contribution in [0.4, 0.5) is 5.95 Å². The fraction of sp³-hybridized carbons (Fsp3) is 0.667. The number of nitrogens with zero attached hydrogens (tertiary/aromatic N) is 5. The smallest absolute Gasteiger partial charge is 0.225 e. The van der Waals surface area contributed by atoms with Crippen molar-refractivity contribution in [2.45, 2.75) is 25.0 Å². The lowest BCUT2D eigenvalue weighted by Gasteiger charge is -2.35. The largest absolute Gasteiger partial charge is 0.394 e. The third kappa shape index (κ3) is 4.90. The summed E-state index contributed by atoms with van der Waals surface area (Å²) in [5.41, 5.74) is 6.10. The molecular formula is C15H25IN6O2. The van der Waals surface area contributed by atoms with Crippen LogP contribution in [0.2, 0.25) is 0 Å². The Balaban J connectivity index is 0.00000208. The van der Waals surface area contributed by atoms with Gasteiger partial charge in [0.05, 0.1) is 25.4 Å². The predicted molar refractivity (Wildman–Crippen MR) is 103 cm³/mol. The number of guanidine groups is 1. The van der Waals surface area contributed by atoms with E-state index in [0.29, 0.717) is 12.5 Å². The van der Waals surface area contributed by atoms with Crippen LogP contribution in [-0.2, 0) is 4.74 Å². The van der Waals surface area contributed by atoms with Crippen molar-refractivity contribution < 1.29 is 9.84 Å². The highest BCUT2D eigenvalue weighted by molar-refractivity contribution is 14.0. The molecule has 1 aromatic rings. The van der Waals surface area contributed by atoms with Gasteiger partial charge in [-0.05, 0) is 18.9 Å². The minimum absolute atomic E-state index is 0. The van der Waals surface area contributed by atoms with E-state index in [1.54, 1.807) is 12.4 Å². The number of piperazine rings is 1. The molecule has 8 nitrogen and oxygen atoms in total. The van der Waals surface area contributed by atoms with E-state index in [0.717, 1.165) is 45.0 Å². The van der Waals surface area contributed by atoms with E-state index in [9.17, 15) is 0 Å². The minimum atomic E-state index is -0.0363. The van der Waals surface area contributed by atoms with Crippen molar-refractivity contribution in [3.63, 3.8) is 0 Å². The number of aliphatic hydroxyl groups is 1. The molecule has 2 aliphatic heterocycles. The standard InChI is InChI=1S/C15H24N6O2.HI/c16-14(19-10-12-2-3-13(11-22)23-12)20-6-8-21(9-7-20)15-17-4-1-5-18-15;/h1,4-5,12-13,22H,2-3,6-11H2,(H2,16,19);1H/t12-,13+;/m1./s1. The molecular weight excluding hydrogens is 423 g/mol. The van der Waals surface area contributed by atoms with Gasteiger partial charge < -0.3 is 25.4 Å². The SMILES string of the molecule is I.NC(=NC[C@H]1CC[C@@H](CO)O1)N1CCN(c2ncccn2)CC1. The van der Waals surface area contributed by atoms with Crippen LogP contribution in [0.25, 0.3) is 0 Å². The summed E-state index contributed by atoms with van der Waals surface area (Å²) in [5, 5.41) is 9.08. The molecule has 2 saturated heterocycles. The van der Waals surface area contributed by atoms with Gasteiger partial charge in [0, 0.05) is 38.6 Å².